The number of thiazole rings is 1. The Labute approximate surface area is 114 Å². The van der Waals surface area contributed by atoms with Gasteiger partial charge in [-0.25, -0.2) is 4.98 Å². The van der Waals surface area contributed by atoms with E-state index in [9.17, 15) is 4.79 Å². The molecule has 0 fully saturated rings. The van der Waals surface area contributed by atoms with Crippen LogP contribution in [0.25, 0.3) is 0 Å². The number of ether oxygens (including phenoxy) is 1. The molecule has 2 heterocycles. The van der Waals surface area contributed by atoms with Gasteiger partial charge in [-0.15, -0.1) is 0 Å². The van der Waals surface area contributed by atoms with Crippen molar-refractivity contribution in [3.05, 3.63) is 34.7 Å². The van der Waals surface area contributed by atoms with E-state index in [-0.39, 0.29) is 11.8 Å². The molecule has 1 aromatic carbocycles. The third kappa shape index (κ3) is 2.15. The van der Waals surface area contributed by atoms with E-state index < -0.39 is 0 Å². The minimum Gasteiger partial charge on any atom is -0.497 e. The fourth-order valence-electron chi connectivity index (χ4n) is 2.26. The number of nitrogens with two attached hydrogens (primary N) is 1. The standard InChI is InChI=1S/C13H13N3O2S/c1-18-8-4-2-3-7(5-8)9-6-10(17)15-12-11(9)19-13(14)16-12/h2-5,9H,6H2,1H3,(H2,14,16)(H,15,17)/t9-/m1/s1. The van der Waals surface area contributed by atoms with Crippen molar-refractivity contribution in [1.82, 2.24) is 4.98 Å². The van der Waals surface area contributed by atoms with Gasteiger partial charge in [-0.1, -0.05) is 23.5 Å². The van der Waals surface area contributed by atoms with E-state index in [4.69, 9.17) is 10.5 Å². The second-order valence-corrected chi connectivity index (χ2v) is 5.41. The molecule has 0 saturated carbocycles. The van der Waals surface area contributed by atoms with E-state index in [0.717, 1.165) is 16.2 Å². The largest absolute Gasteiger partial charge is 0.497 e. The highest BCUT2D eigenvalue weighted by atomic mass is 32.1. The lowest BCUT2D eigenvalue weighted by atomic mass is 9.91. The first-order valence-corrected chi connectivity index (χ1v) is 6.69. The van der Waals surface area contributed by atoms with E-state index in [0.29, 0.717) is 17.4 Å². The zero-order valence-electron chi connectivity index (χ0n) is 10.3. The number of fused-ring (bicyclic) bond motifs is 1. The van der Waals surface area contributed by atoms with Crippen molar-refractivity contribution in [3.63, 3.8) is 0 Å². The Morgan fingerprint density at radius 3 is 3.16 bits per heavy atom. The Kier molecular flexibility index (Phi) is 2.87. The maximum atomic E-state index is 11.8. The Morgan fingerprint density at radius 2 is 2.37 bits per heavy atom. The fourth-order valence-corrected chi connectivity index (χ4v) is 3.18. The third-order valence-corrected chi connectivity index (χ3v) is 4.13. The van der Waals surface area contributed by atoms with E-state index in [2.05, 4.69) is 10.3 Å². The van der Waals surface area contributed by atoms with Crippen LogP contribution in [0.1, 0.15) is 22.8 Å². The zero-order valence-corrected chi connectivity index (χ0v) is 11.2. The summed E-state index contributed by atoms with van der Waals surface area (Å²) in [6.45, 7) is 0. The first kappa shape index (κ1) is 12.0. The van der Waals surface area contributed by atoms with Crippen LogP contribution in [0.3, 0.4) is 0 Å². The summed E-state index contributed by atoms with van der Waals surface area (Å²) < 4.78 is 5.23. The van der Waals surface area contributed by atoms with Crippen LogP contribution in [0.2, 0.25) is 0 Å². The SMILES string of the molecule is COc1cccc([C@H]2CC(=O)Nc3nc(N)sc32)c1. The molecule has 0 aliphatic carbocycles. The molecule has 1 aromatic heterocycles. The number of hydrogen-bond donors (Lipinski definition) is 2. The summed E-state index contributed by atoms with van der Waals surface area (Å²) in [5, 5.41) is 3.23. The molecule has 0 unspecified atom stereocenters. The number of nitrogen functional groups attached to an aromatic ring is 1. The Morgan fingerprint density at radius 1 is 1.53 bits per heavy atom. The van der Waals surface area contributed by atoms with Crippen LogP contribution in [-0.4, -0.2) is 18.0 Å². The van der Waals surface area contributed by atoms with Gasteiger partial charge < -0.3 is 15.8 Å². The van der Waals surface area contributed by atoms with Crippen LogP contribution in [0.4, 0.5) is 10.9 Å². The monoisotopic (exact) mass is 275 g/mol. The molecule has 1 aliphatic heterocycles. The smallest absolute Gasteiger partial charge is 0.226 e. The van der Waals surface area contributed by atoms with Crippen LogP contribution in [0, 0.1) is 0 Å². The van der Waals surface area contributed by atoms with Gasteiger partial charge in [0, 0.05) is 12.3 Å². The molecule has 98 valence electrons. The molecule has 1 atom stereocenters. The lowest BCUT2D eigenvalue weighted by molar-refractivity contribution is -0.116. The summed E-state index contributed by atoms with van der Waals surface area (Å²) in [5.74, 6) is 1.33. The number of amides is 1. The van der Waals surface area contributed by atoms with Gasteiger partial charge in [0.25, 0.3) is 0 Å². The molecule has 0 spiro atoms. The summed E-state index contributed by atoms with van der Waals surface area (Å²) >= 11 is 1.42. The molecule has 2 aromatic rings. The Hall–Kier alpha value is -2.08. The van der Waals surface area contributed by atoms with Gasteiger partial charge in [-0.3, -0.25) is 4.79 Å². The predicted molar refractivity (Wildman–Crippen MR) is 74.6 cm³/mol. The normalized spacial score (nSPS) is 17.7. The van der Waals surface area contributed by atoms with Gasteiger partial charge >= 0.3 is 0 Å². The summed E-state index contributed by atoms with van der Waals surface area (Å²) in [4.78, 5) is 16.9. The number of rotatable bonds is 2. The minimum absolute atomic E-state index is 0.00588. The second-order valence-electron chi connectivity index (χ2n) is 4.35. The Bertz CT molecular complexity index is 639. The molecular formula is C13H13N3O2S. The number of aromatic nitrogens is 1. The quantitative estimate of drug-likeness (QED) is 0.881. The molecule has 3 rings (SSSR count). The average molecular weight is 275 g/mol. The molecular weight excluding hydrogens is 262 g/mol. The first-order valence-electron chi connectivity index (χ1n) is 5.87. The van der Waals surface area contributed by atoms with Crippen molar-refractivity contribution in [3.8, 4) is 5.75 Å². The molecule has 1 aliphatic rings. The van der Waals surface area contributed by atoms with Crippen LogP contribution < -0.4 is 15.8 Å². The highest BCUT2D eigenvalue weighted by Crippen LogP contribution is 2.41. The lowest BCUT2D eigenvalue weighted by Crippen LogP contribution is -2.22. The molecule has 1 amide bonds. The van der Waals surface area contributed by atoms with E-state index >= 15 is 0 Å². The predicted octanol–water partition coefficient (Wildman–Crippen LogP) is 2.21. The van der Waals surface area contributed by atoms with Crippen molar-refractivity contribution < 1.29 is 9.53 Å². The average Bonchev–Trinajstić information content (AvgIpc) is 2.78. The number of nitrogens with zero attached hydrogens (tertiary/aromatic N) is 1. The number of nitrogens with one attached hydrogen (secondary N) is 1. The van der Waals surface area contributed by atoms with Gasteiger partial charge in [0.1, 0.15) is 11.6 Å². The third-order valence-electron chi connectivity index (χ3n) is 3.13. The zero-order chi connectivity index (χ0) is 13.4. The number of carbonyl (C=O) groups is 1. The molecule has 0 saturated heterocycles. The fraction of sp³-hybridized carbons (Fsp3) is 0.231. The second kappa shape index (κ2) is 4.55. The maximum Gasteiger partial charge on any atom is 0.226 e. The number of benzene rings is 1. The summed E-state index contributed by atoms with van der Waals surface area (Å²) in [5.41, 5.74) is 6.77. The number of methoxy groups -OCH3 is 1. The van der Waals surface area contributed by atoms with Crippen LogP contribution in [-0.2, 0) is 4.79 Å². The number of hydrogen-bond acceptors (Lipinski definition) is 5. The summed E-state index contributed by atoms with van der Waals surface area (Å²) in [6, 6.07) is 7.74. The van der Waals surface area contributed by atoms with Gasteiger partial charge in [-0.2, -0.15) is 0 Å². The van der Waals surface area contributed by atoms with Gasteiger partial charge in [0.05, 0.1) is 12.0 Å². The van der Waals surface area contributed by atoms with E-state index in [1.165, 1.54) is 11.3 Å². The molecule has 6 heteroatoms. The number of carbonyl (C=O) groups excluding carboxylic acids is 1. The first-order chi connectivity index (χ1) is 9.17. The molecule has 0 radical (unpaired) electrons. The molecule has 0 bridgehead atoms. The summed E-state index contributed by atoms with van der Waals surface area (Å²) in [6.07, 6.45) is 0.405. The maximum absolute atomic E-state index is 11.8. The van der Waals surface area contributed by atoms with E-state index in [1.807, 2.05) is 24.3 Å². The van der Waals surface area contributed by atoms with Crippen LogP contribution >= 0.6 is 11.3 Å². The lowest BCUT2D eigenvalue weighted by Gasteiger charge is -2.21. The van der Waals surface area contributed by atoms with Gasteiger partial charge in [0.2, 0.25) is 5.91 Å². The van der Waals surface area contributed by atoms with Gasteiger partial charge in [0.15, 0.2) is 5.13 Å². The van der Waals surface area contributed by atoms with Crippen molar-refractivity contribution in [2.75, 3.05) is 18.2 Å². The molecule has 5 nitrogen and oxygen atoms in total. The topological polar surface area (TPSA) is 77.2 Å². The van der Waals surface area contributed by atoms with E-state index in [1.54, 1.807) is 7.11 Å². The molecule has 19 heavy (non-hydrogen) atoms. The summed E-state index contributed by atoms with van der Waals surface area (Å²) in [7, 11) is 1.63. The van der Waals surface area contributed by atoms with Crippen LogP contribution in [0.15, 0.2) is 24.3 Å². The number of anilines is 2. The van der Waals surface area contributed by atoms with Crippen molar-refractivity contribution in [1.29, 1.82) is 0 Å². The van der Waals surface area contributed by atoms with Crippen LogP contribution in [0.5, 0.6) is 5.75 Å². The van der Waals surface area contributed by atoms with Crippen molar-refractivity contribution in [2.45, 2.75) is 12.3 Å². The highest BCUT2D eigenvalue weighted by molar-refractivity contribution is 7.16. The van der Waals surface area contributed by atoms with Crippen molar-refractivity contribution >= 4 is 28.2 Å². The molecule has 3 N–H and O–H groups in total. The highest BCUT2D eigenvalue weighted by Gasteiger charge is 2.30. The Balaban J connectivity index is 2.06. The minimum atomic E-state index is -0.0365. The van der Waals surface area contributed by atoms with Crippen molar-refractivity contribution in [2.24, 2.45) is 0 Å². The van der Waals surface area contributed by atoms with Gasteiger partial charge in [-0.05, 0) is 17.7 Å².